The number of carboxylic acid groups (broad SMARTS) is 1. The number of ether oxygens (including phenoxy) is 2. The number of methoxy groups -OCH3 is 2. The summed E-state index contributed by atoms with van der Waals surface area (Å²) in [6.45, 7) is 0.194. The van der Waals surface area contributed by atoms with Crippen molar-refractivity contribution >= 4 is 11.9 Å². The van der Waals surface area contributed by atoms with Gasteiger partial charge in [-0.05, 0) is 24.1 Å². The fourth-order valence-electron chi connectivity index (χ4n) is 1.84. The zero-order chi connectivity index (χ0) is 15.7. The third-order valence-corrected chi connectivity index (χ3v) is 3.04. The number of benzene rings is 1. The molecule has 1 amide bonds. The van der Waals surface area contributed by atoms with E-state index in [-0.39, 0.29) is 18.9 Å². The molecule has 6 heteroatoms. The van der Waals surface area contributed by atoms with E-state index >= 15 is 0 Å². The van der Waals surface area contributed by atoms with Crippen molar-refractivity contribution in [2.24, 2.45) is 0 Å². The highest BCUT2D eigenvalue weighted by atomic mass is 16.5. The first-order valence-corrected chi connectivity index (χ1v) is 6.69. The van der Waals surface area contributed by atoms with E-state index in [2.05, 4.69) is 5.32 Å². The van der Waals surface area contributed by atoms with Gasteiger partial charge in [0.25, 0.3) is 0 Å². The molecule has 0 aliphatic carbocycles. The third-order valence-electron chi connectivity index (χ3n) is 3.04. The van der Waals surface area contributed by atoms with E-state index in [1.54, 1.807) is 7.11 Å². The van der Waals surface area contributed by atoms with Crippen LogP contribution in [0.1, 0.15) is 18.4 Å². The standard InChI is InChI=1S/C15H21NO5/c1-20-12-5-3-4-11(8-12)6-7-14(17)16-10-13(21-2)9-15(18)19/h3-5,8,13H,6-7,9-10H2,1-2H3,(H,16,17)(H,18,19). The van der Waals surface area contributed by atoms with Crippen molar-refractivity contribution in [3.05, 3.63) is 29.8 Å². The van der Waals surface area contributed by atoms with Gasteiger partial charge in [0, 0.05) is 20.1 Å². The molecule has 0 aliphatic rings. The molecule has 0 radical (unpaired) electrons. The van der Waals surface area contributed by atoms with Gasteiger partial charge in [-0.3, -0.25) is 9.59 Å². The molecule has 6 nitrogen and oxygen atoms in total. The van der Waals surface area contributed by atoms with Crippen molar-refractivity contribution in [2.75, 3.05) is 20.8 Å². The largest absolute Gasteiger partial charge is 0.497 e. The van der Waals surface area contributed by atoms with Crippen LogP contribution in [0, 0.1) is 0 Å². The maximum absolute atomic E-state index is 11.7. The average Bonchev–Trinajstić information content (AvgIpc) is 2.49. The maximum Gasteiger partial charge on any atom is 0.306 e. The summed E-state index contributed by atoms with van der Waals surface area (Å²) in [6, 6.07) is 7.53. The van der Waals surface area contributed by atoms with Crippen molar-refractivity contribution in [1.29, 1.82) is 0 Å². The van der Waals surface area contributed by atoms with Crippen molar-refractivity contribution in [3.63, 3.8) is 0 Å². The summed E-state index contributed by atoms with van der Waals surface area (Å²) in [7, 11) is 3.02. The summed E-state index contributed by atoms with van der Waals surface area (Å²) in [5.74, 6) is -0.327. The number of hydrogen-bond acceptors (Lipinski definition) is 4. The molecule has 1 unspecified atom stereocenters. The quantitative estimate of drug-likeness (QED) is 0.716. The van der Waals surface area contributed by atoms with Gasteiger partial charge >= 0.3 is 5.97 Å². The molecular weight excluding hydrogens is 274 g/mol. The fourth-order valence-corrected chi connectivity index (χ4v) is 1.84. The monoisotopic (exact) mass is 295 g/mol. The zero-order valence-electron chi connectivity index (χ0n) is 12.3. The molecule has 0 bridgehead atoms. The van der Waals surface area contributed by atoms with Crippen LogP contribution in [-0.4, -0.2) is 43.9 Å². The first-order valence-electron chi connectivity index (χ1n) is 6.69. The summed E-state index contributed by atoms with van der Waals surface area (Å²) in [6.07, 6.45) is 0.284. The lowest BCUT2D eigenvalue weighted by Crippen LogP contribution is -2.34. The lowest BCUT2D eigenvalue weighted by molar-refractivity contribution is -0.140. The molecule has 1 aromatic rings. The van der Waals surface area contributed by atoms with Gasteiger partial charge < -0.3 is 19.9 Å². The van der Waals surface area contributed by atoms with E-state index in [1.165, 1.54) is 7.11 Å². The molecule has 0 aromatic heterocycles. The molecular formula is C15H21NO5. The van der Waals surface area contributed by atoms with Gasteiger partial charge in [0.15, 0.2) is 0 Å². The summed E-state index contributed by atoms with van der Waals surface area (Å²) in [5, 5.41) is 11.4. The number of nitrogens with one attached hydrogen (secondary N) is 1. The molecule has 1 aromatic carbocycles. The molecule has 2 N–H and O–H groups in total. The van der Waals surface area contributed by atoms with Crippen molar-refractivity contribution in [2.45, 2.75) is 25.4 Å². The van der Waals surface area contributed by atoms with Gasteiger partial charge in [0.1, 0.15) is 5.75 Å². The lowest BCUT2D eigenvalue weighted by atomic mass is 10.1. The number of amides is 1. The molecule has 1 rings (SSSR count). The van der Waals surface area contributed by atoms with Crippen molar-refractivity contribution in [3.8, 4) is 5.75 Å². The Morgan fingerprint density at radius 3 is 2.71 bits per heavy atom. The van der Waals surface area contributed by atoms with Crippen LogP contribution >= 0.6 is 0 Å². The first kappa shape index (κ1) is 17.0. The van der Waals surface area contributed by atoms with Gasteiger partial charge in [-0.15, -0.1) is 0 Å². The predicted octanol–water partition coefficient (Wildman–Crippen LogP) is 1.23. The number of aliphatic carboxylic acids is 1. The number of hydrogen-bond donors (Lipinski definition) is 2. The summed E-state index contributed by atoms with van der Waals surface area (Å²) >= 11 is 0. The molecule has 0 spiro atoms. The Hall–Kier alpha value is -2.08. The minimum atomic E-state index is -0.951. The molecule has 0 heterocycles. The number of carbonyl (C=O) groups excluding carboxylic acids is 1. The molecule has 0 saturated carbocycles. The Bertz CT molecular complexity index is 475. The second-order valence-corrected chi connectivity index (χ2v) is 4.61. The number of rotatable bonds is 9. The molecule has 0 aliphatic heterocycles. The number of carbonyl (C=O) groups is 2. The van der Waals surface area contributed by atoms with Gasteiger partial charge in [-0.2, -0.15) is 0 Å². The summed E-state index contributed by atoms with van der Waals surface area (Å²) in [4.78, 5) is 22.3. The van der Waals surface area contributed by atoms with Crippen LogP contribution in [0.2, 0.25) is 0 Å². The number of aryl methyl sites for hydroxylation is 1. The highest BCUT2D eigenvalue weighted by molar-refractivity contribution is 5.76. The maximum atomic E-state index is 11.7. The van der Waals surface area contributed by atoms with E-state index in [0.717, 1.165) is 11.3 Å². The molecule has 0 fully saturated rings. The van der Waals surface area contributed by atoms with E-state index in [0.29, 0.717) is 12.8 Å². The van der Waals surface area contributed by atoms with Crippen LogP contribution < -0.4 is 10.1 Å². The van der Waals surface area contributed by atoms with E-state index in [9.17, 15) is 9.59 Å². The first-order chi connectivity index (χ1) is 10.0. The number of carboxylic acids is 1. The van der Waals surface area contributed by atoms with Gasteiger partial charge in [-0.25, -0.2) is 0 Å². The Balaban J connectivity index is 2.34. The normalized spacial score (nSPS) is 11.7. The lowest BCUT2D eigenvalue weighted by Gasteiger charge is -2.14. The van der Waals surface area contributed by atoms with Crippen LogP contribution in [0.15, 0.2) is 24.3 Å². The van der Waals surface area contributed by atoms with Crippen LogP contribution in [0.5, 0.6) is 5.75 Å². The Labute approximate surface area is 124 Å². The van der Waals surface area contributed by atoms with E-state index in [1.807, 2.05) is 24.3 Å². The highest BCUT2D eigenvalue weighted by Gasteiger charge is 2.13. The Morgan fingerprint density at radius 2 is 2.10 bits per heavy atom. The Kier molecular flexibility index (Phi) is 7.25. The third kappa shape index (κ3) is 6.76. The van der Waals surface area contributed by atoms with Crippen LogP contribution in [0.25, 0.3) is 0 Å². The zero-order valence-corrected chi connectivity index (χ0v) is 12.3. The van der Waals surface area contributed by atoms with Crippen molar-refractivity contribution in [1.82, 2.24) is 5.32 Å². The molecule has 1 atom stereocenters. The minimum Gasteiger partial charge on any atom is -0.497 e. The summed E-state index contributed by atoms with van der Waals surface area (Å²) < 4.78 is 10.1. The van der Waals surface area contributed by atoms with E-state index in [4.69, 9.17) is 14.6 Å². The molecule has 0 saturated heterocycles. The van der Waals surface area contributed by atoms with Crippen LogP contribution in [0.4, 0.5) is 0 Å². The minimum absolute atomic E-state index is 0.132. The predicted molar refractivity (Wildman–Crippen MR) is 77.4 cm³/mol. The second-order valence-electron chi connectivity index (χ2n) is 4.61. The van der Waals surface area contributed by atoms with E-state index < -0.39 is 12.1 Å². The average molecular weight is 295 g/mol. The molecule has 116 valence electrons. The van der Waals surface area contributed by atoms with Crippen LogP contribution in [0.3, 0.4) is 0 Å². The highest BCUT2D eigenvalue weighted by Crippen LogP contribution is 2.13. The van der Waals surface area contributed by atoms with Crippen molar-refractivity contribution < 1.29 is 24.2 Å². The summed E-state index contributed by atoms with van der Waals surface area (Å²) in [5.41, 5.74) is 1.01. The van der Waals surface area contributed by atoms with Gasteiger partial charge in [0.05, 0.1) is 19.6 Å². The smallest absolute Gasteiger partial charge is 0.306 e. The van der Waals surface area contributed by atoms with Crippen LogP contribution in [-0.2, 0) is 20.7 Å². The fraction of sp³-hybridized carbons (Fsp3) is 0.467. The second kappa shape index (κ2) is 8.97. The SMILES string of the molecule is COc1cccc(CCC(=O)NCC(CC(=O)O)OC)c1. The molecule has 21 heavy (non-hydrogen) atoms. The van der Waals surface area contributed by atoms with Gasteiger partial charge in [0.2, 0.25) is 5.91 Å². The Morgan fingerprint density at radius 1 is 1.33 bits per heavy atom. The topological polar surface area (TPSA) is 84.9 Å². The van der Waals surface area contributed by atoms with Gasteiger partial charge in [-0.1, -0.05) is 12.1 Å².